The molecular weight excluding hydrogens is 271 g/mol. The molecule has 21 heavy (non-hydrogen) atoms. The summed E-state index contributed by atoms with van der Waals surface area (Å²) in [5.74, 6) is -0.356. The highest BCUT2D eigenvalue weighted by molar-refractivity contribution is 5.82. The van der Waals surface area contributed by atoms with E-state index in [4.69, 9.17) is 4.74 Å². The average Bonchev–Trinajstić information content (AvgIpc) is 2.37. The third-order valence-electron chi connectivity index (χ3n) is 2.92. The first kappa shape index (κ1) is 15.2. The van der Waals surface area contributed by atoms with Crippen LogP contribution in [0.25, 0.3) is 10.8 Å². The van der Waals surface area contributed by atoms with Gasteiger partial charge in [-0.2, -0.15) is 0 Å². The summed E-state index contributed by atoms with van der Waals surface area (Å²) in [5, 5.41) is 1.62. The van der Waals surface area contributed by atoms with E-state index in [0.717, 1.165) is 10.8 Å². The summed E-state index contributed by atoms with van der Waals surface area (Å²) in [7, 11) is 1.59. The first-order valence-electron chi connectivity index (χ1n) is 6.72. The molecule has 0 fully saturated rings. The summed E-state index contributed by atoms with van der Waals surface area (Å²) in [6.07, 6.45) is 2.79. The number of nitrogens with zero attached hydrogens (tertiary/aromatic N) is 2. The maximum absolute atomic E-state index is 14.1. The molecule has 112 valence electrons. The van der Waals surface area contributed by atoms with Crippen molar-refractivity contribution < 1.29 is 13.9 Å². The Hall–Kier alpha value is -2.17. The van der Waals surface area contributed by atoms with Crippen molar-refractivity contribution in [2.75, 3.05) is 7.05 Å². The van der Waals surface area contributed by atoms with Gasteiger partial charge in [-0.05, 0) is 44.4 Å². The maximum atomic E-state index is 14.1. The van der Waals surface area contributed by atoms with E-state index in [2.05, 4.69) is 4.98 Å². The molecule has 1 heterocycles. The molecule has 5 heteroatoms. The van der Waals surface area contributed by atoms with Gasteiger partial charge in [0.15, 0.2) is 0 Å². The number of fused-ring (bicyclic) bond motifs is 1. The molecule has 2 rings (SSSR count). The fourth-order valence-electron chi connectivity index (χ4n) is 1.94. The number of hydrogen-bond acceptors (Lipinski definition) is 3. The fraction of sp³-hybridized carbons (Fsp3) is 0.375. The second-order valence-electron chi connectivity index (χ2n) is 6.00. The molecule has 4 nitrogen and oxygen atoms in total. The lowest BCUT2D eigenvalue weighted by Crippen LogP contribution is -2.34. The van der Waals surface area contributed by atoms with Crippen molar-refractivity contribution in [3.8, 4) is 0 Å². The van der Waals surface area contributed by atoms with Gasteiger partial charge in [0.1, 0.15) is 11.4 Å². The molecule has 0 aliphatic heterocycles. The molecule has 0 atom stereocenters. The molecule has 0 N–H and O–H groups in total. The van der Waals surface area contributed by atoms with Crippen LogP contribution in [0.15, 0.2) is 30.6 Å². The van der Waals surface area contributed by atoms with Crippen LogP contribution in [0.2, 0.25) is 0 Å². The lowest BCUT2D eigenvalue weighted by molar-refractivity contribution is 0.0284. The van der Waals surface area contributed by atoms with Gasteiger partial charge in [-0.1, -0.05) is 0 Å². The van der Waals surface area contributed by atoms with E-state index in [1.165, 1.54) is 11.0 Å². The van der Waals surface area contributed by atoms with E-state index in [0.29, 0.717) is 5.56 Å². The number of ether oxygens (including phenoxy) is 1. The van der Waals surface area contributed by atoms with E-state index in [9.17, 15) is 9.18 Å². The largest absolute Gasteiger partial charge is 0.444 e. The molecule has 0 bridgehead atoms. The zero-order valence-corrected chi connectivity index (χ0v) is 12.7. The van der Waals surface area contributed by atoms with Gasteiger partial charge in [-0.3, -0.25) is 4.98 Å². The highest BCUT2D eigenvalue weighted by Crippen LogP contribution is 2.20. The van der Waals surface area contributed by atoms with Crippen molar-refractivity contribution in [3.05, 3.63) is 42.0 Å². The van der Waals surface area contributed by atoms with E-state index in [-0.39, 0.29) is 12.4 Å². The Balaban J connectivity index is 2.19. The van der Waals surface area contributed by atoms with Crippen LogP contribution >= 0.6 is 0 Å². The highest BCUT2D eigenvalue weighted by atomic mass is 19.1. The molecule has 2 aromatic rings. The number of aromatic nitrogens is 1. The minimum Gasteiger partial charge on any atom is -0.444 e. The van der Waals surface area contributed by atoms with Gasteiger partial charge in [0, 0.05) is 30.4 Å². The number of carbonyl (C=O) groups is 1. The number of carbonyl (C=O) groups excluding carboxylic acids is 1. The molecule has 1 aromatic carbocycles. The zero-order chi connectivity index (χ0) is 15.6. The van der Waals surface area contributed by atoms with Crippen LogP contribution in [0.3, 0.4) is 0 Å². The Kier molecular flexibility index (Phi) is 4.11. The molecule has 0 spiro atoms. The van der Waals surface area contributed by atoms with Gasteiger partial charge in [-0.15, -0.1) is 0 Å². The number of benzene rings is 1. The summed E-state index contributed by atoms with van der Waals surface area (Å²) in [6.45, 7) is 5.53. The monoisotopic (exact) mass is 290 g/mol. The van der Waals surface area contributed by atoms with Crippen molar-refractivity contribution in [3.63, 3.8) is 0 Å². The second kappa shape index (κ2) is 5.68. The highest BCUT2D eigenvalue weighted by Gasteiger charge is 2.20. The summed E-state index contributed by atoms with van der Waals surface area (Å²) in [5.41, 5.74) is -0.124. The molecule has 0 aliphatic carbocycles. The molecule has 0 saturated carbocycles. The number of rotatable bonds is 2. The van der Waals surface area contributed by atoms with Crippen molar-refractivity contribution in [1.29, 1.82) is 0 Å². The zero-order valence-electron chi connectivity index (χ0n) is 12.7. The van der Waals surface area contributed by atoms with Gasteiger partial charge in [0.25, 0.3) is 0 Å². The molecule has 0 aliphatic rings. The van der Waals surface area contributed by atoms with Gasteiger partial charge < -0.3 is 9.64 Å². The van der Waals surface area contributed by atoms with E-state index < -0.39 is 11.7 Å². The van der Waals surface area contributed by atoms with Crippen LogP contribution < -0.4 is 0 Å². The first-order valence-corrected chi connectivity index (χ1v) is 6.72. The van der Waals surface area contributed by atoms with E-state index >= 15 is 0 Å². The van der Waals surface area contributed by atoms with Crippen LogP contribution in [-0.4, -0.2) is 28.6 Å². The van der Waals surface area contributed by atoms with Gasteiger partial charge in [0.05, 0.1) is 6.54 Å². The molecule has 0 radical (unpaired) electrons. The molecule has 1 aromatic heterocycles. The van der Waals surface area contributed by atoms with Crippen molar-refractivity contribution in [1.82, 2.24) is 9.88 Å². The SMILES string of the molecule is CN(Cc1cc2ccncc2cc1F)C(=O)OC(C)(C)C. The third-order valence-corrected chi connectivity index (χ3v) is 2.92. The van der Waals surface area contributed by atoms with Crippen LogP contribution in [0, 0.1) is 5.82 Å². The summed E-state index contributed by atoms with van der Waals surface area (Å²) in [6, 6.07) is 4.97. The predicted octanol–water partition coefficient (Wildman–Crippen LogP) is 3.74. The lowest BCUT2D eigenvalue weighted by atomic mass is 10.1. The minimum atomic E-state index is -0.570. The molecule has 1 amide bonds. The maximum Gasteiger partial charge on any atom is 0.410 e. The van der Waals surface area contributed by atoms with Crippen molar-refractivity contribution >= 4 is 16.9 Å². The quantitative estimate of drug-likeness (QED) is 0.846. The van der Waals surface area contributed by atoms with Gasteiger partial charge in [-0.25, -0.2) is 9.18 Å². The van der Waals surface area contributed by atoms with Crippen molar-refractivity contribution in [2.45, 2.75) is 32.9 Å². The predicted molar refractivity (Wildman–Crippen MR) is 79.4 cm³/mol. The molecule has 0 saturated heterocycles. The van der Waals surface area contributed by atoms with Crippen molar-refractivity contribution in [2.24, 2.45) is 0 Å². The Labute approximate surface area is 123 Å². The Morgan fingerprint density at radius 2 is 2.05 bits per heavy atom. The van der Waals surface area contributed by atoms with Crippen LogP contribution in [0.5, 0.6) is 0 Å². The van der Waals surface area contributed by atoms with E-state index in [1.807, 2.05) is 6.07 Å². The Morgan fingerprint density at radius 3 is 2.71 bits per heavy atom. The second-order valence-corrected chi connectivity index (χ2v) is 6.00. The molecule has 0 unspecified atom stereocenters. The fourth-order valence-corrected chi connectivity index (χ4v) is 1.94. The summed E-state index contributed by atoms with van der Waals surface area (Å²) >= 11 is 0. The Bertz CT molecular complexity index is 665. The average molecular weight is 290 g/mol. The smallest absolute Gasteiger partial charge is 0.410 e. The van der Waals surface area contributed by atoms with Gasteiger partial charge >= 0.3 is 6.09 Å². The summed E-state index contributed by atoms with van der Waals surface area (Å²) in [4.78, 5) is 17.2. The molecular formula is C16H19FN2O2. The van der Waals surface area contributed by atoms with Crippen LogP contribution in [0.4, 0.5) is 9.18 Å². The third kappa shape index (κ3) is 3.90. The number of hydrogen-bond donors (Lipinski definition) is 0. The minimum absolute atomic E-state index is 0.152. The normalized spacial score (nSPS) is 11.5. The first-order chi connectivity index (χ1) is 9.76. The topological polar surface area (TPSA) is 42.4 Å². The number of halogens is 1. The standard InChI is InChI=1S/C16H19FN2O2/c1-16(2,3)21-15(20)19(4)10-13-7-11-5-6-18-9-12(11)8-14(13)17/h5-9H,10H2,1-4H3. The summed E-state index contributed by atoms with van der Waals surface area (Å²) < 4.78 is 19.3. The van der Waals surface area contributed by atoms with Crippen LogP contribution in [0.1, 0.15) is 26.3 Å². The van der Waals surface area contributed by atoms with E-state index in [1.54, 1.807) is 46.3 Å². The number of amides is 1. The lowest BCUT2D eigenvalue weighted by Gasteiger charge is -2.24. The number of pyridine rings is 1. The van der Waals surface area contributed by atoms with Gasteiger partial charge in [0.2, 0.25) is 0 Å². The van der Waals surface area contributed by atoms with Crippen LogP contribution in [-0.2, 0) is 11.3 Å². The Morgan fingerprint density at radius 1 is 1.33 bits per heavy atom.